The summed E-state index contributed by atoms with van der Waals surface area (Å²) in [6.45, 7) is 4.24. The van der Waals surface area contributed by atoms with Crippen LogP contribution in [0, 0.1) is 24.7 Å². The van der Waals surface area contributed by atoms with E-state index in [1.807, 2.05) is 19.1 Å². The zero-order valence-electron chi connectivity index (χ0n) is 11.6. The van der Waals surface area contributed by atoms with Crippen LogP contribution in [0.2, 0.25) is 0 Å². The predicted octanol–water partition coefficient (Wildman–Crippen LogP) is 2.94. The summed E-state index contributed by atoms with van der Waals surface area (Å²) in [5, 5.41) is 3.54. The van der Waals surface area contributed by atoms with Crippen LogP contribution in [0.15, 0.2) is 18.2 Å². The van der Waals surface area contributed by atoms with Crippen LogP contribution in [-0.4, -0.2) is 11.9 Å². The van der Waals surface area contributed by atoms with Crippen molar-refractivity contribution in [3.05, 3.63) is 29.3 Å². The van der Waals surface area contributed by atoms with Crippen molar-refractivity contribution in [1.82, 2.24) is 0 Å². The topological polar surface area (TPSA) is 55.1 Å². The van der Waals surface area contributed by atoms with Crippen molar-refractivity contribution in [2.75, 3.05) is 5.32 Å². The number of aryl methyl sites for hydroxylation is 1. The second-order valence-corrected chi connectivity index (χ2v) is 6.29. The molecular formula is C16H22N2O. The molecule has 0 radical (unpaired) electrons. The fraction of sp³-hybridized carbons (Fsp3) is 0.562. The summed E-state index contributed by atoms with van der Waals surface area (Å²) in [5.74, 6) is 2.41. The second kappa shape index (κ2) is 4.55. The molecule has 3 rings (SSSR count). The van der Waals surface area contributed by atoms with E-state index in [1.165, 1.54) is 19.3 Å². The van der Waals surface area contributed by atoms with Crippen molar-refractivity contribution in [3.63, 3.8) is 0 Å². The molecule has 0 heterocycles. The van der Waals surface area contributed by atoms with Crippen LogP contribution in [0.4, 0.5) is 5.69 Å². The maximum absolute atomic E-state index is 11.3. The van der Waals surface area contributed by atoms with Gasteiger partial charge >= 0.3 is 0 Å². The normalized spacial score (nSPS) is 26.8. The van der Waals surface area contributed by atoms with E-state index in [9.17, 15) is 4.79 Å². The molecule has 0 aliphatic heterocycles. The highest BCUT2D eigenvalue weighted by Crippen LogP contribution is 2.55. The fourth-order valence-electron chi connectivity index (χ4n) is 3.26. The summed E-state index contributed by atoms with van der Waals surface area (Å²) in [6.07, 6.45) is 4.24. The number of amides is 1. The number of hydrogen-bond donors (Lipinski definition) is 2. The van der Waals surface area contributed by atoms with Crippen LogP contribution in [0.1, 0.15) is 42.1 Å². The van der Waals surface area contributed by atoms with Crippen LogP contribution in [0.25, 0.3) is 0 Å². The predicted molar refractivity (Wildman–Crippen MR) is 77.1 cm³/mol. The van der Waals surface area contributed by atoms with Crippen molar-refractivity contribution in [3.8, 4) is 0 Å². The molecular weight excluding hydrogens is 236 g/mol. The first-order valence-corrected chi connectivity index (χ1v) is 7.22. The summed E-state index contributed by atoms with van der Waals surface area (Å²) >= 11 is 0. The van der Waals surface area contributed by atoms with Gasteiger partial charge in [0.2, 0.25) is 5.91 Å². The Balaban J connectivity index is 1.67. The Morgan fingerprint density at radius 3 is 2.74 bits per heavy atom. The van der Waals surface area contributed by atoms with Gasteiger partial charge in [-0.1, -0.05) is 0 Å². The molecule has 19 heavy (non-hydrogen) atoms. The van der Waals surface area contributed by atoms with Crippen LogP contribution in [0.5, 0.6) is 0 Å². The van der Waals surface area contributed by atoms with Crippen LogP contribution in [0.3, 0.4) is 0 Å². The minimum absolute atomic E-state index is 0.360. The Kier molecular flexibility index (Phi) is 3.00. The van der Waals surface area contributed by atoms with Crippen molar-refractivity contribution in [2.24, 2.45) is 23.5 Å². The maximum Gasteiger partial charge on any atom is 0.248 e. The maximum atomic E-state index is 11.3. The molecule has 1 aromatic rings. The zero-order valence-corrected chi connectivity index (χ0v) is 11.6. The number of rotatable bonds is 5. The van der Waals surface area contributed by atoms with Crippen LogP contribution >= 0.6 is 0 Å². The number of carbonyl (C=O) groups excluding carboxylic acids is 1. The fourth-order valence-corrected chi connectivity index (χ4v) is 3.26. The van der Waals surface area contributed by atoms with E-state index in [4.69, 9.17) is 5.73 Å². The minimum Gasteiger partial charge on any atom is -0.382 e. The number of anilines is 1. The lowest BCUT2D eigenvalue weighted by Gasteiger charge is -2.16. The lowest BCUT2D eigenvalue weighted by molar-refractivity contribution is 0.1000. The van der Waals surface area contributed by atoms with E-state index in [2.05, 4.69) is 18.3 Å². The van der Waals surface area contributed by atoms with E-state index in [0.29, 0.717) is 11.6 Å². The van der Waals surface area contributed by atoms with Gasteiger partial charge in [-0.3, -0.25) is 4.79 Å². The van der Waals surface area contributed by atoms with Gasteiger partial charge in [0.15, 0.2) is 0 Å². The number of nitrogens with one attached hydrogen (secondary N) is 1. The van der Waals surface area contributed by atoms with Gasteiger partial charge in [-0.05, 0) is 74.6 Å². The molecule has 3 nitrogen and oxygen atoms in total. The Morgan fingerprint density at radius 2 is 2.11 bits per heavy atom. The largest absolute Gasteiger partial charge is 0.382 e. The van der Waals surface area contributed by atoms with Crippen molar-refractivity contribution in [2.45, 2.75) is 39.2 Å². The first-order valence-electron chi connectivity index (χ1n) is 7.22. The van der Waals surface area contributed by atoms with Gasteiger partial charge in [0.1, 0.15) is 0 Å². The standard InChI is InChI=1S/C16H22N2O/c1-9-5-12(16(17)19)7-13(6-9)18-10(2)14-8-15(14)11-3-4-11/h5-7,10-11,14-15,18H,3-4,8H2,1-2H3,(H2,17,19)/t10?,14-,15-/m0/s1. The number of hydrogen-bond acceptors (Lipinski definition) is 2. The third-order valence-corrected chi connectivity index (χ3v) is 4.52. The number of primary amides is 1. The SMILES string of the molecule is Cc1cc(NC(C)[C@@H]2C[C@H]2C2CC2)cc(C(N)=O)c1. The Hall–Kier alpha value is -1.51. The molecule has 2 aliphatic rings. The summed E-state index contributed by atoms with van der Waals surface area (Å²) < 4.78 is 0. The monoisotopic (exact) mass is 258 g/mol. The third-order valence-electron chi connectivity index (χ3n) is 4.52. The molecule has 2 fully saturated rings. The molecule has 0 aromatic heterocycles. The lowest BCUT2D eigenvalue weighted by Crippen LogP contribution is -2.20. The first-order chi connectivity index (χ1) is 9.04. The molecule has 1 unspecified atom stereocenters. The lowest BCUT2D eigenvalue weighted by atomic mass is 10.1. The van der Waals surface area contributed by atoms with Gasteiger partial charge in [-0.2, -0.15) is 0 Å². The van der Waals surface area contributed by atoms with Crippen LogP contribution in [-0.2, 0) is 0 Å². The van der Waals surface area contributed by atoms with Gasteiger partial charge in [-0.25, -0.2) is 0 Å². The van der Waals surface area contributed by atoms with Crippen molar-refractivity contribution in [1.29, 1.82) is 0 Å². The highest BCUT2D eigenvalue weighted by molar-refractivity contribution is 5.94. The summed E-state index contributed by atoms with van der Waals surface area (Å²) in [5.41, 5.74) is 8.03. The van der Waals surface area contributed by atoms with Gasteiger partial charge in [0, 0.05) is 17.3 Å². The highest BCUT2D eigenvalue weighted by Gasteiger charge is 2.49. The molecule has 1 aromatic carbocycles. The molecule has 1 amide bonds. The van der Waals surface area contributed by atoms with Crippen LogP contribution < -0.4 is 11.1 Å². The molecule has 3 heteroatoms. The Bertz CT molecular complexity index is 507. The quantitative estimate of drug-likeness (QED) is 0.853. The van der Waals surface area contributed by atoms with Gasteiger partial charge in [0.25, 0.3) is 0 Å². The summed E-state index contributed by atoms with van der Waals surface area (Å²) in [6, 6.07) is 6.26. The molecule has 0 saturated heterocycles. The molecule has 3 atom stereocenters. The van der Waals surface area contributed by atoms with Crippen molar-refractivity contribution >= 4 is 11.6 Å². The summed E-state index contributed by atoms with van der Waals surface area (Å²) in [4.78, 5) is 11.3. The summed E-state index contributed by atoms with van der Waals surface area (Å²) in [7, 11) is 0. The molecule has 0 bridgehead atoms. The Morgan fingerprint density at radius 1 is 1.37 bits per heavy atom. The molecule has 2 aliphatic carbocycles. The van der Waals surface area contributed by atoms with E-state index >= 15 is 0 Å². The smallest absolute Gasteiger partial charge is 0.248 e. The Labute approximate surface area is 114 Å². The molecule has 2 saturated carbocycles. The first kappa shape index (κ1) is 12.5. The second-order valence-electron chi connectivity index (χ2n) is 6.29. The van der Waals surface area contributed by atoms with E-state index in [-0.39, 0.29) is 5.91 Å². The number of carbonyl (C=O) groups is 1. The number of benzene rings is 1. The zero-order chi connectivity index (χ0) is 13.6. The minimum atomic E-state index is -0.360. The molecule has 3 N–H and O–H groups in total. The van der Waals surface area contributed by atoms with E-state index in [0.717, 1.165) is 29.0 Å². The van der Waals surface area contributed by atoms with Gasteiger partial charge in [-0.15, -0.1) is 0 Å². The molecule has 0 spiro atoms. The average Bonchev–Trinajstić information content (AvgIpc) is 3.19. The van der Waals surface area contributed by atoms with E-state index < -0.39 is 0 Å². The van der Waals surface area contributed by atoms with E-state index in [1.54, 1.807) is 0 Å². The van der Waals surface area contributed by atoms with Gasteiger partial charge in [0.05, 0.1) is 0 Å². The van der Waals surface area contributed by atoms with Gasteiger partial charge < -0.3 is 11.1 Å². The third kappa shape index (κ3) is 2.75. The average molecular weight is 258 g/mol. The van der Waals surface area contributed by atoms with Crippen molar-refractivity contribution < 1.29 is 4.79 Å². The highest BCUT2D eigenvalue weighted by atomic mass is 16.1. The molecule has 102 valence electrons. The number of nitrogens with two attached hydrogens (primary N) is 1.